The van der Waals surface area contributed by atoms with Gasteiger partial charge in [0.15, 0.2) is 0 Å². The molecule has 0 aliphatic carbocycles. The molecule has 1 amide bonds. The first kappa shape index (κ1) is 19.9. The molecular weight excluding hydrogens is 352 g/mol. The Morgan fingerprint density at radius 1 is 1.15 bits per heavy atom. The van der Waals surface area contributed by atoms with Crippen LogP contribution in [0.5, 0.6) is 0 Å². The summed E-state index contributed by atoms with van der Waals surface area (Å²) in [5.74, 6) is -1.60. The molecule has 0 fully saturated rings. The normalized spacial score (nSPS) is 12.6. The Morgan fingerprint density at radius 3 is 2.41 bits per heavy atom. The summed E-state index contributed by atoms with van der Waals surface area (Å²) in [7, 11) is 0. The Hall–Kier alpha value is -3.42. The maximum Gasteiger partial charge on any atom is 0.407 e. The van der Waals surface area contributed by atoms with Gasteiger partial charge in [-0.2, -0.15) is 0 Å². The van der Waals surface area contributed by atoms with E-state index in [1.54, 1.807) is 49.4 Å². The number of nitro benzene ring substituents is 1. The average molecular weight is 372 g/mol. The topological polar surface area (TPSA) is 119 Å². The van der Waals surface area contributed by atoms with Crippen molar-refractivity contribution in [2.45, 2.75) is 25.3 Å². The second kappa shape index (κ2) is 9.33. The van der Waals surface area contributed by atoms with Crippen molar-refractivity contribution in [3.8, 4) is 0 Å². The van der Waals surface area contributed by atoms with Crippen LogP contribution in [-0.2, 0) is 16.0 Å². The van der Waals surface area contributed by atoms with Crippen molar-refractivity contribution >= 4 is 17.7 Å². The molecule has 2 aromatic rings. The number of rotatable bonds is 8. The molecule has 1 unspecified atom stereocenters. The molecule has 2 N–H and O–H groups in total. The van der Waals surface area contributed by atoms with Crippen molar-refractivity contribution in [2.24, 2.45) is 0 Å². The maximum atomic E-state index is 12.0. The van der Waals surface area contributed by atoms with E-state index >= 15 is 0 Å². The van der Waals surface area contributed by atoms with Gasteiger partial charge in [0.2, 0.25) is 0 Å². The Balaban J connectivity index is 1.94. The van der Waals surface area contributed by atoms with Gasteiger partial charge in [0.25, 0.3) is 5.69 Å². The van der Waals surface area contributed by atoms with Gasteiger partial charge in [-0.05, 0) is 5.56 Å². The summed E-state index contributed by atoms with van der Waals surface area (Å²) in [5.41, 5.74) is 1.15. The third-order valence-electron chi connectivity index (χ3n) is 4.00. The fraction of sp³-hybridized carbons (Fsp3) is 0.263. The molecule has 0 aromatic heterocycles. The number of carbonyl (C=O) groups excluding carboxylic acids is 1. The van der Waals surface area contributed by atoms with Crippen LogP contribution in [0, 0.1) is 10.1 Å². The van der Waals surface area contributed by atoms with Gasteiger partial charge in [0.1, 0.15) is 12.6 Å². The van der Waals surface area contributed by atoms with Crippen LogP contribution >= 0.6 is 0 Å². The number of nitrogens with zero attached hydrogens (tertiary/aromatic N) is 1. The zero-order valence-electron chi connectivity index (χ0n) is 14.7. The molecule has 8 heteroatoms. The van der Waals surface area contributed by atoms with Gasteiger partial charge in [0, 0.05) is 24.0 Å². The van der Waals surface area contributed by atoms with Crippen LogP contribution in [0.4, 0.5) is 10.5 Å². The number of nitro groups is 1. The van der Waals surface area contributed by atoms with E-state index in [-0.39, 0.29) is 18.7 Å². The number of hydrogen-bond donors (Lipinski definition) is 2. The minimum absolute atomic E-state index is 0.0542. The molecule has 142 valence electrons. The summed E-state index contributed by atoms with van der Waals surface area (Å²) in [6.45, 7) is 1.57. The number of carboxylic acids is 1. The largest absolute Gasteiger partial charge is 0.480 e. The summed E-state index contributed by atoms with van der Waals surface area (Å²) in [6, 6.07) is 14.0. The number of amides is 1. The minimum Gasteiger partial charge on any atom is -0.480 e. The lowest BCUT2D eigenvalue weighted by molar-refractivity contribution is -0.385. The highest BCUT2D eigenvalue weighted by molar-refractivity contribution is 5.80. The molecule has 0 aliphatic rings. The van der Waals surface area contributed by atoms with Crippen molar-refractivity contribution < 1.29 is 24.4 Å². The van der Waals surface area contributed by atoms with Crippen LogP contribution in [0.2, 0.25) is 0 Å². The van der Waals surface area contributed by atoms with E-state index in [4.69, 9.17) is 4.74 Å². The SMILES string of the molecule is CC(COC(=O)N[C@@H](Cc1ccccc1)C(=O)O)c1ccccc1[N+](=O)[O-]. The zero-order valence-corrected chi connectivity index (χ0v) is 14.7. The van der Waals surface area contributed by atoms with Crippen molar-refractivity contribution in [1.82, 2.24) is 5.32 Å². The molecule has 27 heavy (non-hydrogen) atoms. The van der Waals surface area contributed by atoms with Gasteiger partial charge in [-0.3, -0.25) is 10.1 Å². The van der Waals surface area contributed by atoms with E-state index in [9.17, 15) is 24.8 Å². The van der Waals surface area contributed by atoms with Gasteiger partial charge >= 0.3 is 12.1 Å². The number of para-hydroxylation sites is 1. The van der Waals surface area contributed by atoms with Gasteiger partial charge in [-0.25, -0.2) is 9.59 Å². The number of hydrogen-bond acceptors (Lipinski definition) is 5. The standard InChI is InChI=1S/C19H20N2O6/c1-13(15-9-5-6-10-17(15)21(25)26)12-27-19(24)20-16(18(22)23)11-14-7-3-2-4-8-14/h2-10,13,16H,11-12H2,1H3,(H,20,24)(H,22,23)/t13?,16-/m0/s1. The zero-order chi connectivity index (χ0) is 19.8. The Bertz CT molecular complexity index is 809. The Labute approximate surface area is 155 Å². The summed E-state index contributed by atoms with van der Waals surface area (Å²) >= 11 is 0. The Morgan fingerprint density at radius 2 is 1.78 bits per heavy atom. The van der Waals surface area contributed by atoms with Gasteiger partial charge in [0.05, 0.1) is 4.92 Å². The summed E-state index contributed by atoms with van der Waals surface area (Å²) in [5, 5.41) is 22.7. The number of carbonyl (C=O) groups is 2. The van der Waals surface area contributed by atoms with E-state index in [1.807, 2.05) is 6.07 Å². The van der Waals surface area contributed by atoms with E-state index in [1.165, 1.54) is 6.07 Å². The lowest BCUT2D eigenvalue weighted by atomic mass is 10.0. The predicted molar refractivity (Wildman–Crippen MR) is 97.6 cm³/mol. The first-order chi connectivity index (χ1) is 12.9. The lowest BCUT2D eigenvalue weighted by Gasteiger charge is -2.17. The van der Waals surface area contributed by atoms with Crippen LogP contribution < -0.4 is 5.32 Å². The van der Waals surface area contributed by atoms with Crippen molar-refractivity contribution in [2.75, 3.05) is 6.61 Å². The van der Waals surface area contributed by atoms with E-state index < -0.39 is 28.9 Å². The van der Waals surface area contributed by atoms with Crippen LogP contribution in [0.15, 0.2) is 54.6 Å². The summed E-state index contributed by atoms with van der Waals surface area (Å²) < 4.78 is 5.08. The quantitative estimate of drug-likeness (QED) is 0.543. The molecular formula is C19H20N2O6. The first-order valence-corrected chi connectivity index (χ1v) is 8.31. The third kappa shape index (κ3) is 5.81. The molecule has 2 atom stereocenters. The Kier molecular flexibility index (Phi) is 6.87. The number of ether oxygens (including phenoxy) is 1. The van der Waals surface area contributed by atoms with E-state index in [0.29, 0.717) is 5.56 Å². The third-order valence-corrected chi connectivity index (χ3v) is 4.00. The number of nitrogens with one attached hydrogen (secondary N) is 1. The number of alkyl carbamates (subject to hydrolysis) is 1. The van der Waals surface area contributed by atoms with Crippen LogP contribution in [0.25, 0.3) is 0 Å². The van der Waals surface area contributed by atoms with Crippen molar-refractivity contribution in [3.63, 3.8) is 0 Å². The summed E-state index contributed by atoms with van der Waals surface area (Å²) in [4.78, 5) is 33.9. The number of aliphatic carboxylic acids is 1. The minimum atomic E-state index is -1.18. The first-order valence-electron chi connectivity index (χ1n) is 8.31. The van der Waals surface area contributed by atoms with Crippen LogP contribution in [0.1, 0.15) is 24.0 Å². The van der Waals surface area contributed by atoms with Crippen LogP contribution in [0.3, 0.4) is 0 Å². The molecule has 0 heterocycles. The predicted octanol–water partition coefficient (Wildman–Crippen LogP) is 3.12. The molecule has 0 bridgehead atoms. The highest BCUT2D eigenvalue weighted by atomic mass is 16.6. The molecule has 0 aliphatic heterocycles. The van der Waals surface area contributed by atoms with Gasteiger partial charge < -0.3 is 15.2 Å². The molecule has 0 saturated heterocycles. The van der Waals surface area contributed by atoms with Crippen molar-refractivity contribution in [3.05, 3.63) is 75.8 Å². The molecule has 0 spiro atoms. The smallest absolute Gasteiger partial charge is 0.407 e. The van der Waals surface area contributed by atoms with Gasteiger partial charge in [-0.1, -0.05) is 55.5 Å². The number of carboxylic acid groups (broad SMARTS) is 1. The average Bonchev–Trinajstić information content (AvgIpc) is 2.66. The second-order valence-electron chi connectivity index (χ2n) is 6.04. The lowest BCUT2D eigenvalue weighted by Crippen LogP contribution is -2.42. The number of benzene rings is 2. The van der Waals surface area contributed by atoms with Crippen LogP contribution in [-0.4, -0.2) is 34.7 Å². The molecule has 2 rings (SSSR count). The molecule has 0 saturated carbocycles. The second-order valence-corrected chi connectivity index (χ2v) is 6.04. The fourth-order valence-corrected chi connectivity index (χ4v) is 2.59. The highest BCUT2D eigenvalue weighted by Crippen LogP contribution is 2.26. The molecule has 2 aromatic carbocycles. The molecule has 0 radical (unpaired) electrons. The highest BCUT2D eigenvalue weighted by Gasteiger charge is 2.23. The van der Waals surface area contributed by atoms with E-state index in [2.05, 4.69) is 5.32 Å². The summed E-state index contributed by atoms with van der Waals surface area (Å²) in [6.07, 6.45) is -0.769. The fourth-order valence-electron chi connectivity index (χ4n) is 2.59. The molecule has 8 nitrogen and oxygen atoms in total. The van der Waals surface area contributed by atoms with E-state index in [0.717, 1.165) is 5.56 Å². The van der Waals surface area contributed by atoms with Gasteiger partial charge in [-0.15, -0.1) is 0 Å². The maximum absolute atomic E-state index is 12.0. The van der Waals surface area contributed by atoms with Crippen molar-refractivity contribution in [1.29, 1.82) is 0 Å². The monoisotopic (exact) mass is 372 g/mol.